The molecule has 0 bridgehead atoms. The van der Waals surface area contributed by atoms with Crippen LogP contribution in [-0.4, -0.2) is 35.5 Å². The SMILES string of the molecule is C#CC(=O)[C@H]1CCCC[C@H]1N(C)C(=O)OC(C)(C)C. The lowest BCUT2D eigenvalue weighted by Gasteiger charge is -2.37. The zero-order chi connectivity index (χ0) is 14.6. The number of amides is 1. The minimum atomic E-state index is -0.536. The van der Waals surface area contributed by atoms with Crippen LogP contribution in [0, 0.1) is 18.3 Å². The molecule has 1 rings (SSSR count). The summed E-state index contributed by atoms with van der Waals surface area (Å²) >= 11 is 0. The summed E-state index contributed by atoms with van der Waals surface area (Å²) in [7, 11) is 1.68. The smallest absolute Gasteiger partial charge is 0.410 e. The van der Waals surface area contributed by atoms with Gasteiger partial charge in [0.1, 0.15) is 5.60 Å². The maximum Gasteiger partial charge on any atom is 0.410 e. The Morgan fingerprint density at radius 2 is 1.84 bits per heavy atom. The van der Waals surface area contributed by atoms with E-state index in [0.717, 1.165) is 25.7 Å². The van der Waals surface area contributed by atoms with Crippen LogP contribution in [0.2, 0.25) is 0 Å². The molecule has 4 heteroatoms. The summed E-state index contributed by atoms with van der Waals surface area (Å²) in [6.07, 6.45) is 8.35. The molecule has 0 aromatic carbocycles. The van der Waals surface area contributed by atoms with Gasteiger partial charge in [0.2, 0.25) is 5.78 Å². The molecular formula is C15H23NO3. The van der Waals surface area contributed by atoms with Crippen molar-refractivity contribution in [1.29, 1.82) is 0 Å². The molecule has 0 aromatic rings. The van der Waals surface area contributed by atoms with Gasteiger partial charge in [-0.25, -0.2) is 4.79 Å². The van der Waals surface area contributed by atoms with E-state index in [1.807, 2.05) is 20.8 Å². The van der Waals surface area contributed by atoms with Gasteiger partial charge in [0, 0.05) is 13.1 Å². The summed E-state index contributed by atoms with van der Waals surface area (Å²) in [4.78, 5) is 25.4. The van der Waals surface area contributed by atoms with E-state index in [0.29, 0.717) is 0 Å². The number of rotatable bonds is 2. The topological polar surface area (TPSA) is 46.6 Å². The number of terminal acetylenes is 1. The Morgan fingerprint density at radius 1 is 1.26 bits per heavy atom. The number of hydrogen-bond donors (Lipinski definition) is 0. The van der Waals surface area contributed by atoms with Gasteiger partial charge in [-0.3, -0.25) is 4.79 Å². The Bertz CT molecular complexity index is 389. The van der Waals surface area contributed by atoms with Gasteiger partial charge in [-0.1, -0.05) is 12.8 Å². The Hall–Kier alpha value is -1.50. The van der Waals surface area contributed by atoms with Crippen molar-refractivity contribution in [3.05, 3.63) is 0 Å². The molecule has 0 aliphatic heterocycles. The maximum absolute atomic E-state index is 12.1. The van der Waals surface area contributed by atoms with Gasteiger partial charge >= 0.3 is 6.09 Å². The molecule has 4 nitrogen and oxygen atoms in total. The van der Waals surface area contributed by atoms with Gasteiger partial charge in [-0.2, -0.15) is 0 Å². The highest BCUT2D eigenvalue weighted by Gasteiger charge is 2.36. The fraction of sp³-hybridized carbons (Fsp3) is 0.733. The fourth-order valence-corrected chi connectivity index (χ4v) is 2.46. The second-order valence-electron chi connectivity index (χ2n) is 6.06. The highest BCUT2D eigenvalue weighted by Crippen LogP contribution is 2.29. The third-order valence-corrected chi connectivity index (χ3v) is 3.39. The molecular weight excluding hydrogens is 242 g/mol. The molecule has 19 heavy (non-hydrogen) atoms. The first-order valence-corrected chi connectivity index (χ1v) is 6.72. The average molecular weight is 265 g/mol. The fourth-order valence-electron chi connectivity index (χ4n) is 2.46. The summed E-state index contributed by atoms with van der Waals surface area (Å²) in [5.41, 5.74) is -0.536. The molecule has 106 valence electrons. The second-order valence-corrected chi connectivity index (χ2v) is 6.06. The lowest BCUT2D eigenvalue weighted by molar-refractivity contribution is -0.120. The van der Waals surface area contributed by atoms with E-state index < -0.39 is 11.7 Å². The Morgan fingerprint density at radius 3 is 2.37 bits per heavy atom. The third kappa shape index (κ3) is 4.27. The molecule has 0 saturated heterocycles. The molecule has 0 spiro atoms. The molecule has 1 aliphatic rings. The highest BCUT2D eigenvalue weighted by atomic mass is 16.6. The average Bonchev–Trinajstić information content (AvgIpc) is 2.35. The van der Waals surface area contributed by atoms with Gasteiger partial charge in [-0.15, -0.1) is 6.42 Å². The number of ether oxygens (including phenoxy) is 1. The van der Waals surface area contributed by atoms with Crippen LogP contribution in [0.1, 0.15) is 46.5 Å². The van der Waals surface area contributed by atoms with Crippen LogP contribution in [-0.2, 0) is 9.53 Å². The molecule has 0 aromatic heterocycles. The van der Waals surface area contributed by atoms with Crippen molar-refractivity contribution in [3.63, 3.8) is 0 Å². The summed E-state index contributed by atoms with van der Waals surface area (Å²) in [5, 5.41) is 0. The highest BCUT2D eigenvalue weighted by molar-refractivity contribution is 5.97. The Balaban J connectivity index is 2.77. The standard InChI is InChI=1S/C15H23NO3/c1-6-13(17)11-9-7-8-10-12(11)16(5)14(18)19-15(2,3)4/h1,11-12H,7-10H2,2-5H3/t11-,12+/m0/s1. The van der Waals surface area contributed by atoms with Crippen LogP contribution < -0.4 is 0 Å². The van der Waals surface area contributed by atoms with Crippen LogP contribution in [0.5, 0.6) is 0 Å². The molecule has 2 atom stereocenters. The molecule has 0 N–H and O–H groups in total. The zero-order valence-electron chi connectivity index (χ0n) is 12.2. The first kappa shape index (κ1) is 15.6. The minimum absolute atomic E-state index is 0.146. The van der Waals surface area contributed by atoms with E-state index in [1.165, 1.54) is 4.90 Å². The predicted octanol–water partition coefficient (Wildman–Crippen LogP) is 2.61. The predicted molar refractivity (Wildman–Crippen MR) is 73.6 cm³/mol. The Labute approximate surface area is 115 Å². The van der Waals surface area contributed by atoms with E-state index in [4.69, 9.17) is 11.2 Å². The first-order valence-electron chi connectivity index (χ1n) is 6.72. The number of Topliss-reactive ketones (excluding diaryl/α,β-unsaturated/α-hetero) is 1. The van der Waals surface area contributed by atoms with Gasteiger partial charge in [-0.05, 0) is 39.5 Å². The number of carbonyl (C=O) groups excluding carboxylic acids is 2. The minimum Gasteiger partial charge on any atom is -0.444 e. The van der Waals surface area contributed by atoms with Gasteiger partial charge in [0.25, 0.3) is 0 Å². The van der Waals surface area contributed by atoms with E-state index in [-0.39, 0.29) is 17.7 Å². The summed E-state index contributed by atoms with van der Waals surface area (Å²) in [5.74, 6) is 1.73. The van der Waals surface area contributed by atoms with Crippen molar-refractivity contribution < 1.29 is 14.3 Å². The van der Waals surface area contributed by atoms with Crippen LogP contribution in [0.4, 0.5) is 4.79 Å². The summed E-state index contributed by atoms with van der Waals surface area (Å²) in [6.45, 7) is 5.47. The zero-order valence-corrected chi connectivity index (χ0v) is 12.2. The number of carbonyl (C=O) groups is 2. The van der Waals surface area contributed by atoms with Gasteiger partial charge < -0.3 is 9.64 Å². The van der Waals surface area contributed by atoms with E-state index in [2.05, 4.69) is 5.92 Å². The summed E-state index contributed by atoms with van der Waals surface area (Å²) in [6, 6.07) is -0.146. The largest absolute Gasteiger partial charge is 0.444 e. The number of nitrogens with zero attached hydrogens (tertiary/aromatic N) is 1. The van der Waals surface area contributed by atoms with Gasteiger partial charge in [0.15, 0.2) is 0 Å². The molecule has 1 saturated carbocycles. The maximum atomic E-state index is 12.1. The first-order chi connectivity index (χ1) is 8.76. The van der Waals surface area contributed by atoms with Crippen molar-refractivity contribution in [2.24, 2.45) is 5.92 Å². The molecule has 0 unspecified atom stereocenters. The third-order valence-electron chi connectivity index (χ3n) is 3.39. The van der Waals surface area contributed by atoms with Crippen LogP contribution >= 0.6 is 0 Å². The molecule has 1 aliphatic carbocycles. The molecule has 1 amide bonds. The van der Waals surface area contributed by atoms with Crippen molar-refractivity contribution in [1.82, 2.24) is 4.90 Å². The normalized spacial score (nSPS) is 23.3. The molecule has 0 radical (unpaired) electrons. The van der Waals surface area contributed by atoms with Crippen LogP contribution in [0.15, 0.2) is 0 Å². The summed E-state index contributed by atoms with van der Waals surface area (Å²) < 4.78 is 5.34. The van der Waals surface area contributed by atoms with Crippen molar-refractivity contribution in [3.8, 4) is 12.3 Å². The molecule has 1 fully saturated rings. The molecule has 0 heterocycles. The number of ketones is 1. The van der Waals surface area contributed by atoms with E-state index >= 15 is 0 Å². The van der Waals surface area contributed by atoms with Crippen molar-refractivity contribution in [2.45, 2.75) is 58.1 Å². The lowest BCUT2D eigenvalue weighted by atomic mass is 9.81. The van der Waals surface area contributed by atoms with Crippen molar-refractivity contribution >= 4 is 11.9 Å². The van der Waals surface area contributed by atoms with Crippen LogP contribution in [0.25, 0.3) is 0 Å². The van der Waals surface area contributed by atoms with E-state index in [9.17, 15) is 9.59 Å². The van der Waals surface area contributed by atoms with E-state index in [1.54, 1.807) is 7.05 Å². The quantitative estimate of drug-likeness (QED) is 0.569. The van der Waals surface area contributed by atoms with Gasteiger partial charge in [0.05, 0.1) is 5.92 Å². The van der Waals surface area contributed by atoms with Crippen molar-refractivity contribution in [2.75, 3.05) is 7.05 Å². The Kier molecular flexibility index (Phi) is 4.99. The monoisotopic (exact) mass is 265 g/mol. The van der Waals surface area contributed by atoms with Crippen LogP contribution in [0.3, 0.4) is 0 Å². The number of hydrogen-bond acceptors (Lipinski definition) is 3. The second kappa shape index (κ2) is 6.10. The lowest BCUT2D eigenvalue weighted by Crippen LogP contribution is -2.47.